The van der Waals surface area contributed by atoms with Crippen LogP contribution in [0.4, 0.5) is 0 Å². The predicted octanol–water partition coefficient (Wildman–Crippen LogP) is 1.96. The van der Waals surface area contributed by atoms with Crippen LogP contribution in [0.5, 0.6) is 0 Å². The summed E-state index contributed by atoms with van der Waals surface area (Å²) in [5, 5.41) is 0. The minimum Gasteiger partial charge on any atom is -0.346 e. The summed E-state index contributed by atoms with van der Waals surface area (Å²) in [4.78, 5) is 11.1. The molecule has 0 fully saturated rings. The van der Waals surface area contributed by atoms with Crippen LogP contribution in [0.2, 0.25) is 0 Å². The van der Waals surface area contributed by atoms with Crippen LogP contribution in [-0.4, -0.2) is 27.2 Å². The van der Waals surface area contributed by atoms with Gasteiger partial charge in [0.1, 0.15) is 0 Å². The molecule has 0 aliphatic carbocycles. The maximum atomic E-state index is 11.1. The molecule has 0 aromatic rings. The Morgan fingerprint density at radius 1 is 0.944 bits per heavy atom. The molecule has 0 radical (unpaired) electrons. The van der Waals surface area contributed by atoms with E-state index in [9.17, 15) is 13.2 Å². The molecule has 18 heavy (non-hydrogen) atoms. The Bertz CT molecular complexity index is 314. The lowest BCUT2D eigenvalue weighted by atomic mass is 10.1. The van der Waals surface area contributed by atoms with E-state index in [1.54, 1.807) is 0 Å². The van der Waals surface area contributed by atoms with E-state index >= 15 is 0 Å². The Morgan fingerprint density at radius 3 is 1.83 bits per heavy atom. The van der Waals surface area contributed by atoms with Crippen molar-refractivity contribution < 1.29 is 17.4 Å². The molecule has 108 valence electrons. The summed E-state index contributed by atoms with van der Waals surface area (Å²) in [6.07, 6.45) is 9.63. The van der Waals surface area contributed by atoms with Gasteiger partial charge in [0.2, 0.25) is 0 Å². The van der Waals surface area contributed by atoms with Crippen molar-refractivity contribution >= 4 is 16.1 Å². The van der Waals surface area contributed by atoms with Crippen molar-refractivity contribution in [3.05, 3.63) is 0 Å². The third kappa shape index (κ3) is 13.4. The van der Waals surface area contributed by atoms with Gasteiger partial charge in [0.25, 0.3) is 0 Å². The minimum absolute atomic E-state index is 0.181. The zero-order valence-electron chi connectivity index (χ0n) is 11.2. The maximum Gasteiger partial charge on any atom is 0.322 e. The topological polar surface area (TPSA) is 86.5 Å². The van der Waals surface area contributed by atoms with Gasteiger partial charge in [0, 0.05) is 6.42 Å². The van der Waals surface area contributed by atoms with E-state index in [2.05, 4.69) is 4.18 Å². The number of carbonyl (C=O) groups is 1. The van der Waals surface area contributed by atoms with E-state index in [4.69, 9.17) is 5.73 Å². The van der Waals surface area contributed by atoms with Crippen LogP contribution in [0.25, 0.3) is 0 Å². The highest BCUT2D eigenvalue weighted by Crippen LogP contribution is 2.10. The van der Waals surface area contributed by atoms with E-state index in [0.717, 1.165) is 38.5 Å². The number of carbonyl (C=O) groups excluding carboxylic acids is 1. The highest BCUT2D eigenvalue weighted by atomic mass is 32.2. The quantitative estimate of drug-likeness (QED) is 0.461. The largest absolute Gasteiger partial charge is 0.346 e. The van der Waals surface area contributed by atoms with Gasteiger partial charge in [0.15, 0.2) is 0 Å². The lowest BCUT2D eigenvalue weighted by Gasteiger charge is -2.02. The van der Waals surface area contributed by atoms with Crippen molar-refractivity contribution in [1.29, 1.82) is 0 Å². The second-order valence-electron chi connectivity index (χ2n) is 4.53. The summed E-state index contributed by atoms with van der Waals surface area (Å²) in [5.74, 6) is -0.652. The summed E-state index contributed by atoms with van der Waals surface area (Å²) < 4.78 is 25.5. The molecule has 0 aliphatic heterocycles. The average Bonchev–Trinajstić information content (AvgIpc) is 2.24. The average molecular weight is 279 g/mol. The molecule has 0 aromatic carbocycles. The van der Waals surface area contributed by atoms with E-state index in [-0.39, 0.29) is 6.42 Å². The van der Waals surface area contributed by atoms with Gasteiger partial charge < -0.3 is 9.92 Å². The number of rotatable bonds is 11. The highest BCUT2D eigenvalue weighted by molar-refractivity contribution is 7.86. The third-order valence-corrected chi connectivity index (χ3v) is 3.07. The van der Waals surface area contributed by atoms with E-state index in [0.29, 0.717) is 6.42 Å². The lowest BCUT2D eigenvalue weighted by molar-refractivity contribution is -0.133. The van der Waals surface area contributed by atoms with Gasteiger partial charge in [-0.2, -0.15) is 8.42 Å². The second kappa shape index (κ2) is 10.3. The first-order chi connectivity index (χ1) is 8.45. The zero-order chi connectivity index (χ0) is 13.9. The number of hydrogen-bond donors (Lipinski definition) is 1. The summed E-state index contributed by atoms with van der Waals surface area (Å²) in [6.45, 7) is 0.766. The molecule has 0 saturated carbocycles. The van der Waals surface area contributed by atoms with Gasteiger partial charge in [-0.1, -0.05) is 38.5 Å². The van der Waals surface area contributed by atoms with E-state index in [1.165, 1.54) is 19.3 Å². The molecule has 5 nitrogen and oxygen atoms in total. The van der Waals surface area contributed by atoms with E-state index < -0.39 is 16.1 Å². The fourth-order valence-electron chi connectivity index (χ4n) is 1.68. The Kier molecular flexibility index (Phi) is 9.96. The van der Waals surface area contributed by atoms with Gasteiger partial charge in [-0.05, 0) is 19.4 Å². The summed E-state index contributed by atoms with van der Waals surface area (Å²) in [6, 6.07) is 0. The Morgan fingerprint density at radius 2 is 1.39 bits per heavy atom. The Labute approximate surface area is 110 Å². The van der Waals surface area contributed by atoms with Crippen LogP contribution in [0, 0.1) is 0 Å². The van der Waals surface area contributed by atoms with Crippen molar-refractivity contribution in [2.24, 2.45) is 5.73 Å². The van der Waals surface area contributed by atoms with Gasteiger partial charge in [0.05, 0.1) is 6.26 Å². The molecule has 0 aromatic heterocycles. The molecule has 0 rings (SSSR count). The molecule has 0 aliphatic rings. The SMILES string of the molecule is CS(=O)(=O)OC(=O)CCCCCCCCCCN. The molecule has 0 unspecified atom stereocenters. The predicted molar refractivity (Wildman–Crippen MR) is 71.5 cm³/mol. The Balaban J connectivity index is 3.28. The maximum absolute atomic E-state index is 11.1. The molecule has 0 heterocycles. The third-order valence-electron chi connectivity index (χ3n) is 2.58. The molecule has 0 bridgehead atoms. The lowest BCUT2D eigenvalue weighted by Crippen LogP contribution is -2.10. The first kappa shape index (κ1) is 17.4. The monoisotopic (exact) mass is 279 g/mol. The number of hydrogen-bond acceptors (Lipinski definition) is 5. The van der Waals surface area contributed by atoms with E-state index in [1.807, 2.05) is 0 Å². The molecule has 0 saturated heterocycles. The summed E-state index contributed by atoms with van der Waals surface area (Å²) >= 11 is 0. The van der Waals surface area contributed by atoms with Crippen LogP contribution in [0.1, 0.15) is 57.8 Å². The van der Waals surface area contributed by atoms with Crippen molar-refractivity contribution in [3.8, 4) is 0 Å². The van der Waals surface area contributed by atoms with Gasteiger partial charge >= 0.3 is 16.1 Å². The molecule has 6 heteroatoms. The molecular weight excluding hydrogens is 254 g/mol. The van der Waals surface area contributed by atoms with Crippen LogP contribution < -0.4 is 5.73 Å². The van der Waals surface area contributed by atoms with Crippen molar-refractivity contribution in [2.45, 2.75) is 57.8 Å². The number of unbranched alkanes of at least 4 members (excludes halogenated alkanes) is 7. The normalized spacial score (nSPS) is 11.4. The molecule has 0 atom stereocenters. The molecular formula is C12H25NO4S. The van der Waals surface area contributed by atoms with Crippen LogP contribution in [0.15, 0.2) is 0 Å². The fourth-order valence-corrected chi connectivity index (χ4v) is 2.11. The molecule has 0 amide bonds. The van der Waals surface area contributed by atoms with Gasteiger partial charge in [-0.15, -0.1) is 0 Å². The van der Waals surface area contributed by atoms with Gasteiger partial charge in [-0.25, -0.2) is 0 Å². The van der Waals surface area contributed by atoms with Gasteiger partial charge in [-0.3, -0.25) is 4.79 Å². The fraction of sp³-hybridized carbons (Fsp3) is 0.917. The van der Waals surface area contributed by atoms with Crippen molar-refractivity contribution in [3.63, 3.8) is 0 Å². The first-order valence-corrected chi connectivity index (χ1v) is 8.39. The smallest absolute Gasteiger partial charge is 0.322 e. The van der Waals surface area contributed by atoms with Crippen LogP contribution in [-0.2, 0) is 19.1 Å². The molecule has 2 N–H and O–H groups in total. The van der Waals surface area contributed by atoms with Crippen molar-refractivity contribution in [1.82, 2.24) is 0 Å². The highest BCUT2D eigenvalue weighted by Gasteiger charge is 2.09. The first-order valence-electron chi connectivity index (χ1n) is 6.58. The standard InChI is InChI=1S/C12H25NO4S/c1-18(15,16)17-12(14)10-8-6-4-2-3-5-7-9-11-13/h2-11,13H2,1H3. The van der Waals surface area contributed by atoms with Crippen molar-refractivity contribution in [2.75, 3.05) is 12.8 Å². The summed E-state index contributed by atoms with van der Waals surface area (Å²) in [7, 11) is -3.64. The Hall–Kier alpha value is -0.620. The van der Waals surface area contributed by atoms with Crippen LogP contribution in [0.3, 0.4) is 0 Å². The minimum atomic E-state index is -3.64. The zero-order valence-corrected chi connectivity index (χ0v) is 12.0. The summed E-state index contributed by atoms with van der Waals surface area (Å²) in [5.41, 5.74) is 5.39. The molecule has 0 spiro atoms. The second-order valence-corrected chi connectivity index (χ2v) is 6.10. The number of nitrogens with two attached hydrogens (primary N) is 1. The van der Waals surface area contributed by atoms with Crippen LogP contribution >= 0.6 is 0 Å².